The number of methoxy groups -OCH3 is 1. The molecule has 1 fully saturated rings. The third-order valence-electron chi connectivity index (χ3n) is 4.81. The second kappa shape index (κ2) is 10.3. The third-order valence-corrected chi connectivity index (χ3v) is 4.81. The minimum Gasteiger partial charge on any atom is -0.464 e. The summed E-state index contributed by atoms with van der Waals surface area (Å²) in [5.74, 6) is -0.241. The molecule has 158 valence electrons. The molecule has 2 heterocycles. The van der Waals surface area contributed by atoms with Gasteiger partial charge >= 0.3 is 5.97 Å². The van der Waals surface area contributed by atoms with Crippen molar-refractivity contribution in [2.75, 3.05) is 7.11 Å². The van der Waals surface area contributed by atoms with E-state index in [4.69, 9.17) is 9.15 Å². The van der Waals surface area contributed by atoms with Crippen molar-refractivity contribution in [2.24, 2.45) is 5.41 Å². The fourth-order valence-corrected chi connectivity index (χ4v) is 2.59. The maximum absolute atomic E-state index is 11.3. The largest absolute Gasteiger partial charge is 0.464 e. The van der Waals surface area contributed by atoms with Crippen LogP contribution in [0.2, 0.25) is 0 Å². The number of nitrogens with zero attached hydrogens (tertiary/aromatic N) is 1. The van der Waals surface area contributed by atoms with Gasteiger partial charge in [-0.3, -0.25) is 0 Å². The Hall–Kier alpha value is -2.48. The van der Waals surface area contributed by atoms with Crippen molar-refractivity contribution in [1.29, 1.82) is 0 Å². The molecule has 1 aromatic rings. The van der Waals surface area contributed by atoms with Crippen LogP contribution in [0.15, 0.2) is 53.2 Å². The molecule has 2 N–H and O–H groups in total. The number of carbonyl (C=O) groups is 1. The van der Waals surface area contributed by atoms with Crippen molar-refractivity contribution in [2.45, 2.75) is 51.6 Å². The van der Waals surface area contributed by atoms with Gasteiger partial charge in [0.1, 0.15) is 18.5 Å². The molecule has 0 aromatic carbocycles. The Labute approximate surface area is 171 Å². The van der Waals surface area contributed by atoms with Gasteiger partial charge in [-0.25, -0.2) is 9.78 Å². The van der Waals surface area contributed by atoms with Crippen LogP contribution in [-0.2, 0) is 9.47 Å². The third kappa shape index (κ3) is 6.52. The van der Waals surface area contributed by atoms with Gasteiger partial charge in [0.2, 0.25) is 5.89 Å². The van der Waals surface area contributed by atoms with Crippen LogP contribution < -0.4 is 0 Å². The van der Waals surface area contributed by atoms with Gasteiger partial charge < -0.3 is 24.1 Å². The van der Waals surface area contributed by atoms with Gasteiger partial charge in [0.05, 0.1) is 19.3 Å². The smallest absolute Gasteiger partial charge is 0.360 e. The topological polar surface area (TPSA) is 105 Å². The maximum atomic E-state index is 11.3. The van der Waals surface area contributed by atoms with Gasteiger partial charge in [0.15, 0.2) is 5.69 Å². The predicted octanol–water partition coefficient (Wildman–Crippen LogP) is 3.07. The first-order valence-corrected chi connectivity index (χ1v) is 9.49. The van der Waals surface area contributed by atoms with E-state index < -0.39 is 23.6 Å². The molecule has 1 aromatic heterocycles. The number of epoxide rings is 1. The lowest BCUT2D eigenvalue weighted by atomic mass is 9.79. The van der Waals surface area contributed by atoms with Crippen molar-refractivity contribution in [3.63, 3.8) is 0 Å². The number of carbonyl (C=O) groups excluding carboxylic acids is 1. The molecule has 0 radical (unpaired) electrons. The number of allylic oxidation sites excluding steroid dienone is 3. The second-order valence-electron chi connectivity index (χ2n) is 7.34. The molecule has 1 aliphatic heterocycles. The van der Waals surface area contributed by atoms with Crippen LogP contribution in [0.3, 0.4) is 0 Å². The molecule has 29 heavy (non-hydrogen) atoms. The molecule has 7 heteroatoms. The Morgan fingerprint density at radius 3 is 2.72 bits per heavy atom. The highest BCUT2D eigenvalue weighted by Crippen LogP contribution is 2.30. The van der Waals surface area contributed by atoms with Crippen LogP contribution in [0, 0.1) is 5.41 Å². The summed E-state index contributed by atoms with van der Waals surface area (Å²) < 4.78 is 15.2. The Bertz CT molecular complexity index is 789. The molecular formula is C22H29NO6. The standard InChI is InChI=1S/C22H29NO6/c1-5-9-18(24)22(2,3)19(25)12-8-11-17-16(29-17)10-6-7-13-20-23-15(14-28-20)21(26)27-4/h5-11,13-14,16-19,24-25H,12H2,1-4H3/b9-5+,10-6+,11-8-,13-7-/t16-,17+,18-,19-/m0/s1. The van der Waals surface area contributed by atoms with Gasteiger partial charge in [0.25, 0.3) is 0 Å². The van der Waals surface area contributed by atoms with Gasteiger partial charge in [-0.1, -0.05) is 56.4 Å². The maximum Gasteiger partial charge on any atom is 0.360 e. The summed E-state index contributed by atoms with van der Waals surface area (Å²) in [6.45, 7) is 5.51. The first kappa shape index (κ1) is 22.8. The minimum absolute atomic E-state index is 0.0233. The highest BCUT2D eigenvalue weighted by Gasteiger charge is 2.35. The second-order valence-corrected chi connectivity index (χ2v) is 7.34. The first-order valence-electron chi connectivity index (χ1n) is 9.49. The van der Waals surface area contributed by atoms with Gasteiger partial charge in [0, 0.05) is 11.5 Å². The molecular weight excluding hydrogens is 374 g/mol. The van der Waals surface area contributed by atoms with Crippen LogP contribution in [-0.4, -0.2) is 52.7 Å². The van der Waals surface area contributed by atoms with Crippen molar-refractivity contribution < 1.29 is 28.9 Å². The lowest BCUT2D eigenvalue weighted by Gasteiger charge is -2.33. The van der Waals surface area contributed by atoms with E-state index >= 15 is 0 Å². The van der Waals surface area contributed by atoms with Crippen LogP contribution >= 0.6 is 0 Å². The normalized spacial score (nSPS) is 22.1. The molecule has 1 aliphatic rings. The van der Waals surface area contributed by atoms with Gasteiger partial charge in [-0.05, 0) is 13.3 Å². The van der Waals surface area contributed by atoms with E-state index in [0.717, 1.165) is 0 Å². The zero-order chi connectivity index (χ0) is 21.4. The SMILES string of the molecule is C/C=C/[C@H](O)C(C)(C)[C@@H](O)C/C=C\[C@H]1O[C@H]1/C=C/C=C\c1nc(C(=O)OC)co1. The van der Waals surface area contributed by atoms with Crippen LogP contribution in [0.4, 0.5) is 0 Å². The van der Waals surface area contributed by atoms with Crippen LogP contribution in [0.1, 0.15) is 43.6 Å². The quantitative estimate of drug-likeness (QED) is 0.268. The molecule has 2 rings (SSSR count). The van der Waals surface area contributed by atoms with Crippen molar-refractivity contribution >= 4 is 12.0 Å². The van der Waals surface area contributed by atoms with E-state index in [1.54, 1.807) is 24.3 Å². The fourth-order valence-electron chi connectivity index (χ4n) is 2.59. The molecule has 0 saturated carbocycles. The summed E-state index contributed by atoms with van der Waals surface area (Å²) in [7, 11) is 1.28. The summed E-state index contributed by atoms with van der Waals surface area (Å²) >= 11 is 0. The number of hydrogen-bond donors (Lipinski definition) is 2. The first-order chi connectivity index (χ1) is 13.8. The minimum atomic E-state index is -0.706. The average Bonchev–Trinajstić information content (AvgIpc) is 3.27. The van der Waals surface area contributed by atoms with Crippen LogP contribution in [0.25, 0.3) is 6.08 Å². The monoisotopic (exact) mass is 403 g/mol. The van der Waals surface area contributed by atoms with E-state index in [0.29, 0.717) is 12.3 Å². The molecule has 0 aliphatic carbocycles. The van der Waals surface area contributed by atoms with E-state index in [9.17, 15) is 15.0 Å². The highest BCUT2D eigenvalue weighted by molar-refractivity contribution is 5.86. The van der Waals surface area contributed by atoms with E-state index in [2.05, 4.69) is 9.72 Å². The Balaban J connectivity index is 1.75. The van der Waals surface area contributed by atoms with E-state index in [1.165, 1.54) is 13.4 Å². The predicted molar refractivity (Wildman–Crippen MR) is 109 cm³/mol. The Kier molecular flexibility index (Phi) is 8.13. The van der Waals surface area contributed by atoms with Gasteiger partial charge in [-0.2, -0.15) is 0 Å². The molecule has 7 nitrogen and oxygen atoms in total. The summed E-state index contributed by atoms with van der Waals surface area (Å²) in [5.41, 5.74) is -0.519. The summed E-state index contributed by atoms with van der Waals surface area (Å²) in [6, 6.07) is 0. The van der Waals surface area contributed by atoms with Gasteiger partial charge in [-0.15, -0.1) is 0 Å². The number of ether oxygens (including phenoxy) is 2. The molecule has 4 atom stereocenters. The lowest BCUT2D eigenvalue weighted by Crippen LogP contribution is -2.39. The molecule has 0 spiro atoms. The summed E-state index contributed by atoms with van der Waals surface area (Å²) in [6.07, 6.45) is 14.6. The Morgan fingerprint density at radius 2 is 2.03 bits per heavy atom. The zero-order valence-electron chi connectivity index (χ0n) is 17.2. The highest BCUT2D eigenvalue weighted by atomic mass is 16.6. The van der Waals surface area contributed by atoms with Crippen molar-refractivity contribution in [1.82, 2.24) is 4.98 Å². The molecule has 0 bridgehead atoms. The number of rotatable bonds is 10. The molecule has 0 unspecified atom stereocenters. The van der Waals surface area contributed by atoms with Crippen LogP contribution in [0.5, 0.6) is 0 Å². The van der Waals surface area contributed by atoms with Crippen molar-refractivity contribution in [3.8, 4) is 0 Å². The number of esters is 1. The van der Waals surface area contributed by atoms with E-state index in [1.807, 2.05) is 45.1 Å². The molecule has 0 amide bonds. The number of oxazole rings is 1. The summed E-state index contributed by atoms with van der Waals surface area (Å²) in [5, 5.41) is 20.5. The number of hydrogen-bond acceptors (Lipinski definition) is 7. The lowest BCUT2D eigenvalue weighted by molar-refractivity contribution is -0.0235. The zero-order valence-corrected chi connectivity index (χ0v) is 17.2. The average molecular weight is 403 g/mol. The fraction of sp³-hybridized carbons (Fsp3) is 0.455. The molecule has 1 saturated heterocycles. The number of aromatic nitrogens is 1. The number of aliphatic hydroxyl groups excluding tert-OH is 2. The summed E-state index contributed by atoms with van der Waals surface area (Å²) in [4.78, 5) is 15.3. The number of aliphatic hydroxyl groups is 2. The Morgan fingerprint density at radius 1 is 1.31 bits per heavy atom. The van der Waals surface area contributed by atoms with Crippen molar-refractivity contribution in [3.05, 3.63) is 60.4 Å². The van der Waals surface area contributed by atoms with E-state index in [-0.39, 0.29) is 17.9 Å².